The molecule has 3 aromatic heterocycles. The van der Waals surface area contributed by atoms with Gasteiger partial charge in [-0.2, -0.15) is 0 Å². The molecule has 0 saturated heterocycles. The molecule has 11 aromatic rings. The number of fused-ring (bicyclic) bond motifs is 6. The summed E-state index contributed by atoms with van der Waals surface area (Å²) < 4.78 is 9.21. The van der Waals surface area contributed by atoms with Gasteiger partial charge >= 0.3 is 0 Å². The molecule has 1 unspecified atom stereocenters. The zero-order valence-corrected chi connectivity index (χ0v) is 33.7. The van der Waals surface area contributed by atoms with Crippen molar-refractivity contribution in [3.05, 3.63) is 224 Å². The van der Waals surface area contributed by atoms with E-state index in [0.717, 1.165) is 73.3 Å². The quantitative estimate of drug-likeness (QED) is 0.161. The number of nitrogens with zero attached hydrogens (tertiary/aromatic N) is 4. The molecular formula is C57H38N4O. The fourth-order valence-corrected chi connectivity index (χ4v) is 9.08. The van der Waals surface area contributed by atoms with Crippen molar-refractivity contribution in [1.29, 1.82) is 0 Å². The second-order valence-electron chi connectivity index (χ2n) is 15.9. The Hall–Kier alpha value is -8.15. The Labute approximate surface area is 358 Å². The molecule has 5 nitrogen and oxygen atoms in total. The predicted molar refractivity (Wildman–Crippen MR) is 254 cm³/mol. The van der Waals surface area contributed by atoms with Gasteiger partial charge in [-0.3, -0.25) is 0 Å². The number of para-hydroxylation sites is 2. The number of allylic oxidation sites excluding steroid dienone is 4. The van der Waals surface area contributed by atoms with E-state index < -0.39 is 0 Å². The van der Waals surface area contributed by atoms with Gasteiger partial charge in [0.15, 0.2) is 11.6 Å². The standard InChI is InChI=1S/C57H38N4O/c1-5-14-37(15-6-1)42-29-32-51-49(34-42)50-35-44(30-33-52(50)61(51)45-20-11-4-12-21-45)46-22-13-23-48-47-31-28-43(36-53(47)62-54(46)48)38-24-26-41(27-25-38)57-59-55(39-16-7-2-8-17-39)58-56(60-57)40-18-9-3-10-19-40/h1-26,28-36,41H,27H2. The van der Waals surface area contributed by atoms with Crippen molar-refractivity contribution >= 4 is 49.3 Å². The largest absolute Gasteiger partial charge is 0.455 e. The van der Waals surface area contributed by atoms with Crippen LogP contribution in [0.25, 0.3) is 100 Å². The lowest BCUT2D eigenvalue weighted by Crippen LogP contribution is -2.08. The Morgan fingerprint density at radius 3 is 1.69 bits per heavy atom. The molecule has 0 spiro atoms. The first kappa shape index (κ1) is 35.8. The molecule has 0 saturated carbocycles. The van der Waals surface area contributed by atoms with Crippen molar-refractivity contribution in [1.82, 2.24) is 19.5 Å². The molecule has 62 heavy (non-hydrogen) atoms. The Morgan fingerprint density at radius 1 is 0.452 bits per heavy atom. The third-order valence-electron chi connectivity index (χ3n) is 12.2. The van der Waals surface area contributed by atoms with Crippen LogP contribution in [-0.2, 0) is 0 Å². The van der Waals surface area contributed by atoms with Gasteiger partial charge < -0.3 is 8.98 Å². The summed E-state index contributed by atoms with van der Waals surface area (Å²) in [4.78, 5) is 14.9. The molecule has 0 aliphatic heterocycles. The van der Waals surface area contributed by atoms with Crippen molar-refractivity contribution < 1.29 is 4.42 Å². The maximum absolute atomic E-state index is 6.84. The zero-order chi connectivity index (χ0) is 41.0. The molecule has 1 atom stereocenters. The predicted octanol–water partition coefficient (Wildman–Crippen LogP) is 14.7. The van der Waals surface area contributed by atoms with Crippen LogP contribution in [0.3, 0.4) is 0 Å². The third kappa shape index (κ3) is 6.22. The average Bonchev–Trinajstić information content (AvgIpc) is 3.90. The van der Waals surface area contributed by atoms with Crippen LogP contribution in [0.4, 0.5) is 0 Å². The van der Waals surface area contributed by atoms with Crippen molar-refractivity contribution in [2.24, 2.45) is 0 Å². The molecule has 0 bridgehead atoms. The van der Waals surface area contributed by atoms with Gasteiger partial charge in [-0.05, 0) is 82.8 Å². The van der Waals surface area contributed by atoms with E-state index >= 15 is 0 Å². The van der Waals surface area contributed by atoms with Gasteiger partial charge in [0.25, 0.3) is 0 Å². The maximum atomic E-state index is 6.84. The first-order valence-corrected chi connectivity index (χ1v) is 21.1. The van der Waals surface area contributed by atoms with Gasteiger partial charge in [0, 0.05) is 49.8 Å². The smallest absolute Gasteiger partial charge is 0.163 e. The zero-order valence-electron chi connectivity index (χ0n) is 33.7. The number of aromatic nitrogens is 4. The fraction of sp³-hybridized carbons (Fsp3) is 0.0351. The van der Waals surface area contributed by atoms with Gasteiger partial charge in [0.05, 0.1) is 11.0 Å². The highest BCUT2D eigenvalue weighted by atomic mass is 16.3. The summed E-state index contributed by atoms with van der Waals surface area (Å²) in [5, 5.41) is 4.63. The molecule has 8 aromatic carbocycles. The Kier molecular flexibility index (Phi) is 8.56. The molecule has 3 heterocycles. The summed E-state index contributed by atoms with van der Waals surface area (Å²) in [6.07, 6.45) is 7.49. The number of benzene rings is 8. The lowest BCUT2D eigenvalue weighted by atomic mass is 9.92. The first-order chi connectivity index (χ1) is 30.7. The van der Waals surface area contributed by atoms with Gasteiger partial charge in [-0.1, -0.05) is 164 Å². The minimum absolute atomic E-state index is 0.0214. The number of furan rings is 1. The van der Waals surface area contributed by atoms with Crippen molar-refractivity contribution in [3.63, 3.8) is 0 Å². The molecule has 292 valence electrons. The highest BCUT2D eigenvalue weighted by Crippen LogP contribution is 2.41. The lowest BCUT2D eigenvalue weighted by Gasteiger charge is -2.17. The molecule has 0 fully saturated rings. The summed E-state index contributed by atoms with van der Waals surface area (Å²) in [6, 6.07) is 68.3. The summed E-state index contributed by atoms with van der Waals surface area (Å²) >= 11 is 0. The molecular weight excluding hydrogens is 757 g/mol. The van der Waals surface area contributed by atoms with Crippen LogP contribution in [0.15, 0.2) is 217 Å². The average molecular weight is 795 g/mol. The SMILES string of the molecule is C1=CC(c2nc(-c3ccccc3)nc(-c3ccccc3)n2)CC=C1c1ccc2c(c1)oc1c(-c3ccc4c(c3)c3cc(-c5ccccc5)ccc3n4-c3ccccc3)cccc12. The fourth-order valence-electron chi connectivity index (χ4n) is 9.08. The summed E-state index contributed by atoms with van der Waals surface area (Å²) in [5.41, 5.74) is 14.0. The van der Waals surface area contributed by atoms with E-state index in [1.165, 1.54) is 32.9 Å². The molecule has 1 aliphatic rings. The summed E-state index contributed by atoms with van der Waals surface area (Å²) in [6.45, 7) is 0. The van der Waals surface area contributed by atoms with Crippen molar-refractivity contribution in [2.75, 3.05) is 0 Å². The molecule has 12 rings (SSSR count). The van der Waals surface area contributed by atoms with Crippen LogP contribution < -0.4 is 0 Å². The second-order valence-corrected chi connectivity index (χ2v) is 15.9. The van der Waals surface area contributed by atoms with Crippen LogP contribution in [0.1, 0.15) is 23.7 Å². The summed E-state index contributed by atoms with van der Waals surface area (Å²) in [7, 11) is 0. The topological polar surface area (TPSA) is 56.7 Å². The van der Waals surface area contributed by atoms with E-state index in [2.05, 4.69) is 156 Å². The van der Waals surface area contributed by atoms with E-state index in [-0.39, 0.29) is 5.92 Å². The first-order valence-electron chi connectivity index (χ1n) is 21.1. The van der Waals surface area contributed by atoms with Crippen molar-refractivity contribution in [2.45, 2.75) is 12.3 Å². The number of hydrogen-bond donors (Lipinski definition) is 0. The van der Waals surface area contributed by atoms with E-state index in [0.29, 0.717) is 11.6 Å². The van der Waals surface area contributed by atoms with E-state index in [1.807, 2.05) is 60.7 Å². The summed E-state index contributed by atoms with van der Waals surface area (Å²) in [5.74, 6) is 2.16. The minimum Gasteiger partial charge on any atom is -0.455 e. The second kappa shape index (κ2) is 14.8. The van der Waals surface area contributed by atoms with Crippen LogP contribution in [0.2, 0.25) is 0 Å². The lowest BCUT2D eigenvalue weighted by molar-refractivity contribution is 0.670. The Bertz CT molecular complexity index is 3470. The molecule has 5 heteroatoms. The Morgan fingerprint density at radius 2 is 1.05 bits per heavy atom. The number of hydrogen-bond acceptors (Lipinski definition) is 4. The van der Waals surface area contributed by atoms with E-state index in [1.54, 1.807) is 0 Å². The maximum Gasteiger partial charge on any atom is 0.163 e. The molecule has 0 N–H and O–H groups in total. The van der Waals surface area contributed by atoms with E-state index in [4.69, 9.17) is 19.4 Å². The monoisotopic (exact) mass is 794 g/mol. The third-order valence-corrected chi connectivity index (χ3v) is 12.2. The Balaban J connectivity index is 0.901. The molecule has 0 amide bonds. The van der Waals surface area contributed by atoms with Gasteiger partial charge in [0.2, 0.25) is 0 Å². The van der Waals surface area contributed by atoms with Gasteiger partial charge in [-0.15, -0.1) is 0 Å². The van der Waals surface area contributed by atoms with Crippen molar-refractivity contribution in [3.8, 4) is 50.7 Å². The van der Waals surface area contributed by atoms with Crippen LogP contribution >= 0.6 is 0 Å². The molecule has 1 aliphatic carbocycles. The van der Waals surface area contributed by atoms with Crippen LogP contribution in [-0.4, -0.2) is 19.5 Å². The highest BCUT2D eigenvalue weighted by molar-refractivity contribution is 6.14. The van der Waals surface area contributed by atoms with E-state index in [9.17, 15) is 0 Å². The van der Waals surface area contributed by atoms with Crippen LogP contribution in [0.5, 0.6) is 0 Å². The minimum atomic E-state index is 0.0214. The van der Waals surface area contributed by atoms with Gasteiger partial charge in [0.1, 0.15) is 17.0 Å². The van der Waals surface area contributed by atoms with Gasteiger partial charge in [-0.25, -0.2) is 15.0 Å². The normalized spacial score (nSPS) is 13.9. The highest BCUT2D eigenvalue weighted by Gasteiger charge is 2.21. The van der Waals surface area contributed by atoms with Crippen LogP contribution in [0, 0.1) is 0 Å². The molecule has 0 radical (unpaired) electrons. The number of rotatable bonds is 7.